The van der Waals surface area contributed by atoms with E-state index in [0.29, 0.717) is 35.8 Å². The summed E-state index contributed by atoms with van der Waals surface area (Å²) in [6.45, 7) is 1.37. The normalized spacial score (nSPS) is 21.0. The van der Waals surface area contributed by atoms with Gasteiger partial charge in [-0.3, -0.25) is 9.69 Å². The van der Waals surface area contributed by atoms with Gasteiger partial charge in [-0.15, -0.1) is 0 Å². The van der Waals surface area contributed by atoms with Gasteiger partial charge in [0.15, 0.2) is 11.9 Å². The molecule has 2 fully saturated rings. The molecule has 0 aromatic heterocycles. The molecule has 186 valence electrons. The second kappa shape index (κ2) is 11.2. The third-order valence-electron chi connectivity index (χ3n) is 5.91. The molecule has 3 unspecified atom stereocenters. The summed E-state index contributed by atoms with van der Waals surface area (Å²) in [4.78, 5) is 38.0. The highest BCUT2D eigenvalue weighted by Crippen LogP contribution is 2.28. The number of nitrogens with zero attached hydrogens (tertiary/aromatic N) is 1. The van der Waals surface area contributed by atoms with Gasteiger partial charge in [-0.1, -0.05) is 17.7 Å². The van der Waals surface area contributed by atoms with Crippen molar-refractivity contribution < 1.29 is 33.3 Å². The number of ether oxygens (including phenoxy) is 2. The molecule has 2 aromatic rings. The molecule has 0 spiro atoms. The molecule has 35 heavy (non-hydrogen) atoms. The van der Waals surface area contributed by atoms with Gasteiger partial charge < -0.3 is 25.1 Å². The fourth-order valence-corrected chi connectivity index (χ4v) is 4.14. The number of ketones is 1. The first kappa shape index (κ1) is 25.2. The number of carbonyl (C=O) groups excluding carboxylic acids is 3. The second-order valence-corrected chi connectivity index (χ2v) is 8.80. The van der Waals surface area contributed by atoms with Crippen LogP contribution in [0.25, 0.3) is 0 Å². The van der Waals surface area contributed by atoms with E-state index in [9.17, 15) is 24.0 Å². The highest BCUT2D eigenvalue weighted by Gasteiger charge is 2.35. The Labute approximate surface area is 206 Å². The fraction of sp³-hybridized carbons (Fsp3) is 0.375. The number of benzene rings is 2. The minimum Gasteiger partial charge on any atom is -0.627 e. The lowest BCUT2D eigenvalue weighted by Crippen LogP contribution is -3.11. The van der Waals surface area contributed by atoms with Crippen LogP contribution in [-0.2, 0) is 14.3 Å². The molecule has 2 heterocycles. The van der Waals surface area contributed by atoms with Gasteiger partial charge in [-0.05, 0) is 36.4 Å². The molecule has 2 saturated heterocycles. The zero-order chi connectivity index (χ0) is 24.9. The summed E-state index contributed by atoms with van der Waals surface area (Å²) in [5, 5.41) is 15.2. The highest BCUT2D eigenvalue weighted by molar-refractivity contribution is 6.30. The van der Waals surface area contributed by atoms with Crippen LogP contribution in [0.3, 0.4) is 0 Å². The largest absolute Gasteiger partial charge is 0.627 e. The number of anilines is 1. The van der Waals surface area contributed by atoms with Crippen LogP contribution < -0.4 is 15.3 Å². The average molecular weight is 506 g/mol. The second-order valence-electron chi connectivity index (χ2n) is 8.37. The standard InChI is InChI=1S/C24H25ClFN3O6/c25-16-3-1-15(2-4-16)21(30)7-8-23(31)29(33)14-18-13-28(24(32)35-18)17-5-6-19(20(26)11-17)22-12-27-9-10-34-22/h1-6,11,18,22,27,29H,7-10,12-14H2. The van der Waals surface area contributed by atoms with Crippen LogP contribution in [0.2, 0.25) is 5.02 Å². The number of halogens is 2. The third kappa shape index (κ3) is 6.22. The van der Waals surface area contributed by atoms with E-state index in [0.717, 1.165) is 0 Å². The number of morpholine rings is 1. The van der Waals surface area contributed by atoms with Gasteiger partial charge in [0.25, 0.3) is 0 Å². The molecule has 0 saturated carbocycles. The lowest BCUT2D eigenvalue weighted by molar-refractivity contribution is -0.769. The van der Waals surface area contributed by atoms with E-state index in [2.05, 4.69) is 5.32 Å². The number of hydroxylamine groups is 2. The van der Waals surface area contributed by atoms with E-state index < -0.39 is 35.1 Å². The Hall–Kier alpha value is -2.89. The summed E-state index contributed by atoms with van der Waals surface area (Å²) in [7, 11) is 0. The minimum absolute atomic E-state index is 0.00181. The van der Waals surface area contributed by atoms with Gasteiger partial charge in [-0.2, -0.15) is 0 Å². The summed E-state index contributed by atoms with van der Waals surface area (Å²) in [6, 6.07) is 10.6. The maximum atomic E-state index is 14.7. The van der Waals surface area contributed by atoms with Crippen molar-refractivity contribution in [1.82, 2.24) is 5.32 Å². The van der Waals surface area contributed by atoms with Crippen molar-refractivity contribution in [2.24, 2.45) is 0 Å². The number of carbonyl (C=O) groups is 3. The molecule has 0 aliphatic carbocycles. The molecule has 9 nitrogen and oxygen atoms in total. The average Bonchev–Trinajstić information content (AvgIpc) is 3.22. The predicted molar refractivity (Wildman–Crippen MR) is 125 cm³/mol. The van der Waals surface area contributed by atoms with Crippen molar-refractivity contribution >= 4 is 35.1 Å². The monoisotopic (exact) mass is 505 g/mol. The summed E-state index contributed by atoms with van der Waals surface area (Å²) >= 11 is 5.80. The van der Waals surface area contributed by atoms with Crippen LogP contribution in [0, 0.1) is 11.0 Å². The third-order valence-corrected chi connectivity index (χ3v) is 6.17. The van der Waals surface area contributed by atoms with Crippen LogP contribution in [0.15, 0.2) is 42.5 Å². The Morgan fingerprint density at radius 3 is 2.66 bits per heavy atom. The first-order chi connectivity index (χ1) is 16.8. The summed E-state index contributed by atoms with van der Waals surface area (Å²) in [5.74, 6) is -1.50. The van der Waals surface area contributed by atoms with Crippen LogP contribution in [0.1, 0.15) is 34.9 Å². The number of hydrogen-bond donors (Lipinski definition) is 2. The Balaban J connectivity index is 1.29. The zero-order valence-corrected chi connectivity index (χ0v) is 19.6. The SMILES string of the molecule is O=C(CCC(=O)[NH+]([O-])CC1CN(c2ccc(C3CNCCO3)c(F)c2)C(=O)O1)c1ccc(Cl)cc1. The molecular weight excluding hydrogens is 481 g/mol. The Morgan fingerprint density at radius 1 is 1.20 bits per heavy atom. The highest BCUT2D eigenvalue weighted by atomic mass is 35.5. The van der Waals surface area contributed by atoms with E-state index >= 15 is 0 Å². The van der Waals surface area contributed by atoms with Crippen molar-refractivity contribution in [3.8, 4) is 0 Å². The number of rotatable bonds is 8. The molecule has 0 radical (unpaired) electrons. The van der Waals surface area contributed by atoms with Crippen LogP contribution in [0.4, 0.5) is 14.9 Å². The molecule has 2 aliphatic rings. The van der Waals surface area contributed by atoms with Crippen molar-refractivity contribution in [1.29, 1.82) is 0 Å². The smallest absolute Gasteiger partial charge is 0.414 e. The van der Waals surface area contributed by atoms with E-state index in [1.165, 1.54) is 11.0 Å². The summed E-state index contributed by atoms with van der Waals surface area (Å²) in [6.07, 6.45) is -2.34. The van der Waals surface area contributed by atoms with E-state index in [1.807, 2.05) is 0 Å². The van der Waals surface area contributed by atoms with Crippen LogP contribution in [0.5, 0.6) is 0 Å². The number of amides is 2. The Morgan fingerprint density at radius 2 is 1.97 bits per heavy atom. The number of quaternary nitrogens is 1. The molecule has 2 aliphatic heterocycles. The molecule has 0 bridgehead atoms. The molecule has 4 rings (SSSR count). The molecule has 2 N–H and O–H groups in total. The van der Waals surface area contributed by atoms with Crippen molar-refractivity contribution in [3.63, 3.8) is 0 Å². The molecule has 2 amide bonds. The van der Waals surface area contributed by atoms with Crippen molar-refractivity contribution in [2.45, 2.75) is 25.0 Å². The van der Waals surface area contributed by atoms with E-state index in [4.69, 9.17) is 21.1 Å². The van der Waals surface area contributed by atoms with Crippen LogP contribution >= 0.6 is 11.6 Å². The van der Waals surface area contributed by atoms with Gasteiger partial charge in [0, 0.05) is 35.7 Å². The van der Waals surface area contributed by atoms with Crippen molar-refractivity contribution in [3.05, 3.63) is 69.6 Å². The molecule has 2 aromatic carbocycles. The van der Waals surface area contributed by atoms with Gasteiger partial charge >= 0.3 is 12.0 Å². The summed E-state index contributed by atoms with van der Waals surface area (Å²) < 4.78 is 25.5. The predicted octanol–water partition coefficient (Wildman–Crippen LogP) is 2.04. The minimum atomic E-state index is -0.848. The van der Waals surface area contributed by atoms with Gasteiger partial charge in [0.2, 0.25) is 0 Å². The lowest BCUT2D eigenvalue weighted by Gasteiger charge is -2.25. The topological polar surface area (TPSA) is 112 Å². The quantitative estimate of drug-likeness (QED) is 0.417. The van der Waals surface area contributed by atoms with Gasteiger partial charge in [0.1, 0.15) is 12.4 Å². The Kier molecular flexibility index (Phi) is 8.09. The van der Waals surface area contributed by atoms with Gasteiger partial charge in [0.05, 0.1) is 31.4 Å². The van der Waals surface area contributed by atoms with Crippen molar-refractivity contribution in [2.75, 3.05) is 37.7 Å². The van der Waals surface area contributed by atoms with E-state index in [-0.39, 0.29) is 37.4 Å². The fourth-order valence-electron chi connectivity index (χ4n) is 4.02. The maximum absolute atomic E-state index is 14.7. The molecule has 11 heteroatoms. The van der Waals surface area contributed by atoms with Gasteiger partial charge in [-0.25, -0.2) is 14.0 Å². The Bertz CT molecular complexity index is 1090. The maximum Gasteiger partial charge on any atom is 0.414 e. The number of Topliss-reactive ketones (excluding diaryl/α,β-unsaturated/α-hetero) is 1. The number of nitrogens with one attached hydrogen (secondary N) is 2. The first-order valence-corrected chi connectivity index (χ1v) is 11.6. The number of hydrogen-bond acceptors (Lipinski definition) is 7. The molecular formula is C24H25ClFN3O6. The lowest BCUT2D eigenvalue weighted by atomic mass is 10.1. The van der Waals surface area contributed by atoms with E-state index in [1.54, 1.807) is 36.4 Å². The summed E-state index contributed by atoms with van der Waals surface area (Å²) in [5.41, 5.74) is 1.08. The zero-order valence-electron chi connectivity index (χ0n) is 18.8. The first-order valence-electron chi connectivity index (χ1n) is 11.3. The van der Waals surface area contributed by atoms with Crippen LogP contribution in [-0.4, -0.2) is 56.7 Å². The molecule has 3 atom stereocenters. The number of cyclic esters (lactones) is 1.